The molecule has 1 aromatic rings. The molecule has 6 heteroatoms. The number of nitrogens with one attached hydrogen (secondary N) is 1. The summed E-state index contributed by atoms with van der Waals surface area (Å²) in [5.41, 5.74) is 0.792. The summed E-state index contributed by atoms with van der Waals surface area (Å²) in [5.74, 6) is 0.714. The van der Waals surface area contributed by atoms with E-state index >= 15 is 0 Å². The van der Waals surface area contributed by atoms with Gasteiger partial charge in [0.2, 0.25) is 10.0 Å². The van der Waals surface area contributed by atoms with Crippen LogP contribution in [0.15, 0.2) is 23.1 Å². The number of ether oxygens (including phenoxy) is 1. The van der Waals surface area contributed by atoms with Gasteiger partial charge in [-0.2, -0.15) is 0 Å². The van der Waals surface area contributed by atoms with Gasteiger partial charge in [-0.05, 0) is 56.4 Å². The summed E-state index contributed by atoms with van der Waals surface area (Å²) < 4.78 is 32.6. The summed E-state index contributed by atoms with van der Waals surface area (Å²) in [5, 5.41) is 9.74. The minimum absolute atomic E-state index is 0.0172. The first-order chi connectivity index (χ1) is 9.94. The molecule has 0 aliphatic heterocycles. The molecular weight excluding hydrogens is 290 g/mol. The highest BCUT2D eigenvalue weighted by Crippen LogP contribution is 2.26. The maximum Gasteiger partial charge on any atom is 0.240 e. The van der Waals surface area contributed by atoms with E-state index in [0.717, 1.165) is 24.8 Å². The minimum atomic E-state index is -3.54. The van der Waals surface area contributed by atoms with Gasteiger partial charge < -0.3 is 9.84 Å². The number of sulfonamides is 1. The van der Waals surface area contributed by atoms with Crippen LogP contribution in [0.2, 0.25) is 0 Å². The second kappa shape index (κ2) is 6.77. The Morgan fingerprint density at radius 3 is 2.71 bits per heavy atom. The number of hydrogen-bond donors (Lipinski definition) is 2. The molecule has 2 atom stereocenters. The van der Waals surface area contributed by atoms with Crippen LogP contribution >= 0.6 is 0 Å². The monoisotopic (exact) mass is 313 g/mol. The van der Waals surface area contributed by atoms with Gasteiger partial charge in [-0.25, -0.2) is 13.1 Å². The maximum absolute atomic E-state index is 12.3. The molecule has 0 bridgehead atoms. The predicted octanol–water partition coefficient (Wildman–Crippen LogP) is 1.83. The molecule has 0 heterocycles. The van der Waals surface area contributed by atoms with Crippen molar-refractivity contribution < 1.29 is 18.3 Å². The first-order valence-corrected chi connectivity index (χ1v) is 8.83. The van der Waals surface area contributed by atoms with Crippen LogP contribution in [0, 0.1) is 12.8 Å². The minimum Gasteiger partial charge on any atom is -0.494 e. The molecule has 0 aromatic heterocycles. The van der Waals surface area contributed by atoms with Crippen molar-refractivity contribution >= 4 is 10.0 Å². The number of aliphatic hydroxyl groups is 1. The molecule has 1 saturated carbocycles. The Morgan fingerprint density at radius 2 is 2.14 bits per heavy atom. The van der Waals surface area contributed by atoms with Crippen LogP contribution in [0.5, 0.6) is 5.75 Å². The summed E-state index contributed by atoms with van der Waals surface area (Å²) >= 11 is 0. The van der Waals surface area contributed by atoms with Crippen LogP contribution in [0.1, 0.15) is 31.7 Å². The van der Waals surface area contributed by atoms with Gasteiger partial charge in [-0.3, -0.25) is 0 Å². The third-order valence-corrected chi connectivity index (χ3v) is 5.33. The van der Waals surface area contributed by atoms with Crippen molar-refractivity contribution in [2.75, 3.05) is 13.2 Å². The number of aryl methyl sites for hydroxylation is 1. The fraction of sp³-hybridized carbons (Fsp3) is 0.600. The van der Waals surface area contributed by atoms with E-state index in [9.17, 15) is 13.5 Å². The van der Waals surface area contributed by atoms with Crippen LogP contribution in [-0.2, 0) is 10.0 Å². The summed E-state index contributed by atoms with van der Waals surface area (Å²) in [7, 11) is -3.54. The Morgan fingerprint density at radius 1 is 1.38 bits per heavy atom. The van der Waals surface area contributed by atoms with E-state index < -0.39 is 16.1 Å². The molecular formula is C15H23NO4S. The van der Waals surface area contributed by atoms with E-state index in [4.69, 9.17) is 4.74 Å². The van der Waals surface area contributed by atoms with Gasteiger partial charge >= 0.3 is 0 Å². The van der Waals surface area contributed by atoms with Crippen LogP contribution in [-0.4, -0.2) is 32.8 Å². The number of benzene rings is 1. The van der Waals surface area contributed by atoms with E-state index in [1.54, 1.807) is 18.2 Å². The van der Waals surface area contributed by atoms with E-state index in [1.165, 1.54) is 0 Å². The summed E-state index contributed by atoms with van der Waals surface area (Å²) in [6.45, 7) is 4.55. The molecule has 1 aliphatic rings. The van der Waals surface area contributed by atoms with Gasteiger partial charge in [0.1, 0.15) is 5.75 Å². The quantitative estimate of drug-likeness (QED) is 0.840. The summed E-state index contributed by atoms with van der Waals surface area (Å²) in [6, 6.07) is 4.83. The Hall–Kier alpha value is -1.11. The third-order valence-electron chi connectivity index (χ3n) is 3.91. The molecule has 1 fully saturated rings. The van der Waals surface area contributed by atoms with Gasteiger partial charge in [0.15, 0.2) is 0 Å². The fourth-order valence-corrected chi connectivity index (χ4v) is 3.84. The van der Waals surface area contributed by atoms with E-state index in [1.807, 2.05) is 13.8 Å². The topological polar surface area (TPSA) is 75.6 Å². The SMILES string of the molecule is CCOc1ccc(S(=O)(=O)NCC2CCCC2O)cc1C. The first-order valence-electron chi connectivity index (χ1n) is 7.35. The highest BCUT2D eigenvalue weighted by molar-refractivity contribution is 7.89. The number of hydrogen-bond acceptors (Lipinski definition) is 4. The molecule has 0 spiro atoms. The molecule has 2 N–H and O–H groups in total. The van der Waals surface area contributed by atoms with Crippen molar-refractivity contribution in [1.82, 2.24) is 4.72 Å². The molecule has 21 heavy (non-hydrogen) atoms. The predicted molar refractivity (Wildman–Crippen MR) is 80.9 cm³/mol. The lowest BCUT2D eigenvalue weighted by Gasteiger charge is -2.16. The van der Waals surface area contributed by atoms with Gasteiger partial charge in [-0.1, -0.05) is 6.42 Å². The van der Waals surface area contributed by atoms with Crippen molar-refractivity contribution in [2.24, 2.45) is 5.92 Å². The Bertz CT molecular complexity index is 585. The van der Waals surface area contributed by atoms with Crippen molar-refractivity contribution in [2.45, 2.75) is 44.1 Å². The molecule has 118 valence electrons. The molecule has 0 saturated heterocycles. The van der Waals surface area contributed by atoms with Crippen molar-refractivity contribution in [3.05, 3.63) is 23.8 Å². The van der Waals surface area contributed by atoms with E-state index in [0.29, 0.717) is 12.4 Å². The standard InChI is InChI=1S/C15H23NO4S/c1-3-20-15-8-7-13(9-11(15)2)21(18,19)16-10-12-5-4-6-14(12)17/h7-9,12,14,16-17H,3-6,10H2,1-2H3. The lowest BCUT2D eigenvalue weighted by atomic mass is 10.1. The van der Waals surface area contributed by atoms with Crippen molar-refractivity contribution in [1.29, 1.82) is 0 Å². The highest BCUT2D eigenvalue weighted by Gasteiger charge is 2.27. The molecule has 2 unspecified atom stereocenters. The fourth-order valence-electron chi connectivity index (χ4n) is 2.66. The van der Waals surface area contributed by atoms with Crippen LogP contribution in [0.4, 0.5) is 0 Å². The molecule has 0 amide bonds. The van der Waals surface area contributed by atoms with E-state index in [-0.39, 0.29) is 17.4 Å². The average molecular weight is 313 g/mol. The van der Waals surface area contributed by atoms with Crippen LogP contribution in [0.3, 0.4) is 0 Å². The highest BCUT2D eigenvalue weighted by atomic mass is 32.2. The largest absolute Gasteiger partial charge is 0.494 e. The zero-order valence-electron chi connectivity index (χ0n) is 12.5. The number of rotatable bonds is 6. The molecule has 1 aromatic carbocycles. The Balaban J connectivity index is 2.06. The smallest absolute Gasteiger partial charge is 0.240 e. The third kappa shape index (κ3) is 3.96. The lowest BCUT2D eigenvalue weighted by Crippen LogP contribution is -2.32. The Labute approximate surface area is 126 Å². The average Bonchev–Trinajstić information content (AvgIpc) is 2.84. The van der Waals surface area contributed by atoms with Crippen LogP contribution < -0.4 is 9.46 Å². The van der Waals surface area contributed by atoms with Crippen molar-refractivity contribution in [3.63, 3.8) is 0 Å². The number of aliphatic hydroxyl groups excluding tert-OH is 1. The summed E-state index contributed by atoms with van der Waals surface area (Å²) in [6.07, 6.45) is 2.19. The maximum atomic E-state index is 12.3. The van der Waals surface area contributed by atoms with Crippen LogP contribution in [0.25, 0.3) is 0 Å². The lowest BCUT2D eigenvalue weighted by molar-refractivity contribution is 0.134. The zero-order valence-corrected chi connectivity index (χ0v) is 13.3. The Kier molecular flexibility index (Phi) is 5.24. The van der Waals surface area contributed by atoms with Gasteiger partial charge in [0.25, 0.3) is 0 Å². The normalized spacial score (nSPS) is 22.4. The van der Waals surface area contributed by atoms with E-state index in [2.05, 4.69) is 4.72 Å². The second-order valence-electron chi connectivity index (χ2n) is 5.47. The second-order valence-corrected chi connectivity index (χ2v) is 7.24. The molecule has 2 rings (SSSR count). The molecule has 0 radical (unpaired) electrons. The summed E-state index contributed by atoms with van der Waals surface area (Å²) in [4.78, 5) is 0.232. The zero-order chi connectivity index (χ0) is 15.5. The molecule has 5 nitrogen and oxygen atoms in total. The first kappa shape index (κ1) is 16.3. The van der Waals surface area contributed by atoms with Gasteiger partial charge in [0, 0.05) is 6.54 Å². The molecule has 1 aliphatic carbocycles. The van der Waals surface area contributed by atoms with Gasteiger partial charge in [-0.15, -0.1) is 0 Å². The van der Waals surface area contributed by atoms with Crippen molar-refractivity contribution in [3.8, 4) is 5.75 Å². The van der Waals surface area contributed by atoms with Gasteiger partial charge in [0.05, 0.1) is 17.6 Å².